The van der Waals surface area contributed by atoms with E-state index in [-0.39, 0.29) is 11.6 Å². The second-order valence-corrected chi connectivity index (χ2v) is 8.73. The summed E-state index contributed by atoms with van der Waals surface area (Å²) in [6, 6.07) is 8.48. The van der Waals surface area contributed by atoms with Gasteiger partial charge in [-0.05, 0) is 62.7 Å². The van der Waals surface area contributed by atoms with E-state index in [4.69, 9.17) is 0 Å². The van der Waals surface area contributed by atoms with E-state index in [1.807, 2.05) is 7.05 Å². The molecule has 1 heterocycles. The molecule has 2 fully saturated rings. The zero-order valence-electron chi connectivity index (χ0n) is 16.3. The minimum Gasteiger partial charge on any atom is -0.336 e. The molecule has 3 rings (SSSR count). The number of amides is 2. The summed E-state index contributed by atoms with van der Waals surface area (Å²) in [6.07, 6.45) is 11.1. The van der Waals surface area contributed by atoms with Crippen molar-refractivity contribution >= 4 is 17.8 Å². The Hall–Kier alpha value is -1.20. The van der Waals surface area contributed by atoms with Crippen LogP contribution in [0.5, 0.6) is 0 Å². The van der Waals surface area contributed by atoms with Gasteiger partial charge < -0.3 is 10.2 Å². The van der Waals surface area contributed by atoms with Crippen LogP contribution in [0.4, 0.5) is 4.79 Å². The lowest BCUT2D eigenvalue weighted by molar-refractivity contribution is 0.0703. The Balaban J connectivity index is 1.55. The molecule has 1 aromatic rings. The normalized spacial score (nSPS) is 20.1. The molecule has 0 atom stereocenters. The quantitative estimate of drug-likeness (QED) is 0.751. The van der Waals surface area contributed by atoms with Crippen LogP contribution in [0.3, 0.4) is 0 Å². The van der Waals surface area contributed by atoms with Gasteiger partial charge in [0.25, 0.3) is 0 Å². The van der Waals surface area contributed by atoms with Gasteiger partial charge in [0.15, 0.2) is 0 Å². The van der Waals surface area contributed by atoms with Gasteiger partial charge in [-0.3, -0.25) is 4.90 Å². The summed E-state index contributed by atoms with van der Waals surface area (Å²) in [4.78, 5) is 18.4. The predicted molar refractivity (Wildman–Crippen MR) is 110 cm³/mol. The van der Waals surface area contributed by atoms with Gasteiger partial charge in [0.2, 0.25) is 0 Å². The van der Waals surface area contributed by atoms with E-state index in [0.717, 1.165) is 6.54 Å². The number of piperidine rings is 1. The third kappa shape index (κ3) is 4.74. The average Bonchev–Trinajstić information content (AvgIpc) is 3.17. The van der Waals surface area contributed by atoms with Gasteiger partial charge in [-0.25, -0.2) is 4.79 Å². The molecule has 144 valence electrons. The Labute approximate surface area is 162 Å². The summed E-state index contributed by atoms with van der Waals surface area (Å²) in [7, 11) is 1.89. The van der Waals surface area contributed by atoms with Crippen LogP contribution in [0.2, 0.25) is 0 Å². The van der Waals surface area contributed by atoms with Gasteiger partial charge in [0.05, 0.1) is 0 Å². The zero-order valence-corrected chi connectivity index (χ0v) is 17.1. The molecule has 0 bridgehead atoms. The Kier molecular flexibility index (Phi) is 6.87. The maximum atomic E-state index is 12.7. The number of likely N-dealkylation sites (tertiary alicyclic amines) is 1. The topological polar surface area (TPSA) is 35.6 Å². The Morgan fingerprint density at radius 1 is 1.19 bits per heavy atom. The highest BCUT2D eigenvalue weighted by Gasteiger charge is 2.40. The van der Waals surface area contributed by atoms with E-state index in [1.54, 1.807) is 16.7 Å². The van der Waals surface area contributed by atoms with Gasteiger partial charge in [-0.1, -0.05) is 31.4 Å². The summed E-state index contributed by atoms with van der Waals surface area (Å²) < 4.78 is 0. The van der Waals surface area contributed by atoms with Crippen LogP contribution in [0.15, 0.2) is 29.2 Å². The van der Waals surface area contributed by atoms with Crippen LogP contribution in [-0.4, -0.2) is 54.3 Å². The molecule has 1 aliphatic heterocycles. The first-order valence-corrected chi connectivity index (χ1v) is 11.2. The summed E-state index contributed by atoms with van der Waals surface area (Å²) in [5.41, 5.74) is 1.39. The van der Waals surface area contributed by atoms with Crippen LogP contribution in [0, 0.1) is 0 Å². The number of urea groups is 1. The molecule has 4 nitrogen and oxygen atoms in total. The number of nitrogens with one attached hydrogen (secondary N) is 1. The fourth-order valence-electron chi connectivity index (χ4n) is 4.50. The van der Waals surface area contributed by atoms with Crippen molar-refractivity contribution in [3.8, 4) is 0 Å². The summed E-state index contributed by atoms with van der Waals surface area (Å²) in [6.45, 7) is 3.85. The number of thioether (sulfide) groups is 1. The van der Waals surface area contributed by atoms with Crippen LogP contribution in [0.1, 0.15) is 50.5 Å². The van der Waals surface area contributed by atoms with Crippen molar-refractivity contribution in [2.24, 2.45) is 0 Å². The molecule has 0 radical (unpaired) electrons. The predicted octanol–water partition coefficient (Wildman–Crippen LogP) is 4.35. The monoisotopic (exact) mass is 375 g/mol. The van der Waals surface area contributed by atoms with Crippen molar-refractivity contribution in [3.05, 3.63) is 29.8 Å². The van der Waals surface area contributed by atoms with E-state index in [9.17, 15) is 4.79 Å². The lowest BCUT2D eigenvalue weighted by atomic mass is 9.92. The SMILES string of the molecule is CSc1cccc(CN(C)C(=O)NCC2(N3CCCCC3)CCCC2)c1. The van der Waals surface area contributed by atoms with Gasteiger partial charge in [-0.2, -0.15) is 0 Å². The summed E-state index contributed by atoms with van der Waals surface area (Å²) >= 11 is 1.74. The van der Waals surface area contributed by atoms with Crippen molar-refractivity contribution < 1.29 is 4.79 Å². The number of hydrogen-bond donors (Lipinski definition) is 1. The largest absolute Gasteiger partial charge is 0.336 e. The third-order valence-electron chi connectivity index (χ3n) is 6.03. The van der Waals surface area contributed by atoms with E-state index in [0.29, 0.717) is 6.54 Å². The molecular formula is C21H33N3OS. The molecule has 2 amide bonds. The van der Waals surface area contributed by atoms with Crippen molar-refractivity contribution in [1.29, 1.82) is 0 Å². The molecule has 26 heavy (non-hydrogen) atoms. The number of benzene rings is 1. The fourth-order valence-corrected chi connectivity index (χ4v) is 4.98. The average molecular weight is 376 g/mol. The van der Waals surface area contributed by atoms with Gasteiger partial charge in [0.1, 0.15) is 0 Å². The summed E-state index contributed by atoms with van der Waals surface area (Å²) in [5.74, 6) is 0. The Morgan fingerprint density at radius 2 is 1.92 bits per heavy atom. The standard InChI is InChI=1S/C21H33N3OS/c1-23(16-18-9-8-10-19(15-18)26-2)20(25)22-17-21(11-4-5-12-21)24-13-6-3-7-14-24/h8-10,15H,3-7,11-14,16-17H2,1-2H3,(H,22,25). The highest BCUT2D eigenvalue weighted by atomic mass is 32.2. The second-order valence-electron chi connectivity index (χ2n) is 7.85. The van der Waals surface area contributed by atoms with E-state index in [2.05, 4.69) is 40.7 Å². The second kappa shape index (κ2) is 9.14. The van der Waals surface area contributed by atoms with Gasteiger partial charge in [-0.15, -0.1) is 11.8 Å². The smallest absolute Gasteiger partial charge is 0.317 e. The first-order chi connectivity index (χ1) is 12.6. The Bertz CT molecular complexity index is 595. The number of nitrogens with zero attached hydrogens (tertiary/aromatic N) is 2. The number of carbonyl (C=O) groups excluding carboxylic acids is 1. The number of hydrogen-bond acceptors (Lipinski definition) is 3. The van der Waals surface area contributed by atoms with Crippen molar-refractivity contribution in [2.45, 2.75) is 61.9 Å². The van der Waals surface area contributed by atoms with Crippen LogP contribution in [0.25, 0.3) is 0 Å². The maximum absolute atomic E-state index is 12.7. The first-order valence-electron chi connectivity index (χ1n) is 10.00. The highest BCUT2D eigenvalue weighted by molar-refractivity contribution is 7.98. The Morgan fingerprint density at radius 3 is 2.62 bits per heavy atom. The molecule has 1 aliphatic carbocycles. The third-order valence-corrected chi connectivity index (χ3v) is 6.76. The van der Waals surface area contributed by atoms with Gasteiger partial charge in [0, 0.05) is 30.6 Å². The van der Waals surface area contributed by atoms with Gasteiger partial charge >= 0.3 is 6.03 Å². The van der Waals surface area contributed by atoms with Crippen LogP contribution >= 0.6 is 11.8 Å². The molecule has 1 saturated heterocycles. The van der Waals surface area contributed by atoms with Crippen molar-refractivity contribution in [2.75, 3.05) is 32.9 Å². The molecule has 0 unspecified atom stereocenters. The lowest BCUT2D eigenvalue weighted by Crippen LogP contribution is -2.56. The maximum Gasteiger partial charge on any atom is 0.317 e. The van der Waals surface area contributed by atoms with Crippen molar-refractivity contribution in [1.82, 2.24) is 15.1 Å². The number of rotatable bonds is 6. The molecule has 1 saturated carbocycles. The van der Waals surface area contributed by atoms with E-state index >= 15 is 0 Å². The molecule has 1 aromatic carbocycles. The first kappa shape index (κ1) is 19.6. The molecule has 5 heteroatoms. The molecule has 0 spiro atoms. The van der Waals surface area contributed by atoms with E-state index < -0.39 is 0 Å². The highest BCUT2D eigenvalue weighted by Crippen LogP contribution is 2.36. The molecular weight excluding hydrogens is 342 g/mol. The minimum absolute atomic E-state index is 0.0443. The fraction of sp³-hybridized carbons (Fsp3) is 0.667. The molecule has 0 aromatic heterocycles. The molecule has 1 N–H and O–H groups in total. The van der Waals surface area contributed by atoms with Crippen molar-refractivity contribution in [3.63, 3.8) is 0 Å². The molecule has 2 aliphatic rings. The van der Waals surface area contributed by atoms with Crippen LogP contribution < -0.4 is 5.32 Å². The van der Waals surface area contributed by atoms with E-state index in [1.165, 1.54) is 68.5 Å². The summed E-state index contributed by atoms with van der Waals surface area (Å²) in [5, 5.41) is 3.25. The minimum atomic E-state index is 0.0443. The van der Waals surface area contributed by atoms with Crippen LogP contribution in [-0.2, 0) is 6.54 Å². The number of carbonyl (C=O) groups is 1. The lowest BCUT2D eigenvalue weighted by Gasteiger charge is -2.44. The zero-order chi connectivity index (χ0) is 18.4.